The third-order valence-corrected chi connectivity index (χ3v) is 3.58. The summed E-state index contributed by atoms with van der Waals surface area (Å²) in [5.41, 5.74) is 3.40. The van der Waals surface area contributed by atoms with Crippen molar-refractivity contribution < 1.29 is 4.74 Å². The van der Waals surface area contributed by atoms with Crippen molar-refractivity contribution in [3.05, 3.63) is 57.8 Å². The second kappa shape index (κ2) is 8.15. The van der Waals surface area contributed by atoms with Gasteiger partial charge in [-0.3, -0.25) is 4.98 Å². The molecule has 0 atom stereocenters. The predicted octanol–water partition coefficient (Wildman–Crippen LogP) is 4.23. The first-order valence-electron chi connectivity index (χ1n) is 7.21. The number of aromatic nitrogens is 1. The van der Waals surface area contributed by atoms with E-state index in [4.69, 9.17) is 4.74 Å². The van der Waals surface area contributed by atoms with Crippen molar-refractivity contribution >= 4 is 15.9 Å². The fourth-order valence-corrected chi connectivity index (χ4v) is 2.49. The van der Waals surface area contributed by atoms with Gasteiger partial charge in [0.25, 0.3) is 0 Å². The number of rotatable bonds is 7. The number of nitrogens with one attached hydrogen (secondary N) is 1. The summed E-state index contributed by atoms with van der Waals surface area (Å²) in [6.07, 6.45) is 4.82. The van der Waals surface area contributed by atoms with E-state index in [1.54, 1.807) is 0 Å². The third-order valence-electron chi connectivity index (χ3n) is 3.09. The average molecular weight is 349 g/mol. The minimum Gasteiger partial charge on any atom is -0.489 e. The van der Waals surface area contributed by atoms with Gasteiger partial charge in [0.1, 0.15) is 12.4 Å². The molecule has 3 nitrogen and oxygen atoms in total. The number of ether oxygens (including phenoxy) is 1. The van der Waals surface area contributed by atoms with Gasteiger partial charge in [0.05, 0.1) is 0 Å². The lowest BCUT2D eigenvalue weighted by atomic mass is 10.2. The van der Waals surface area contributed by atoms with Crippen molar-refractivity contribution in [3.8, 4) is 5.75 Å². The van der Waals surface area contributed by atoms with Crippen LogP contribution in [0, 0.1) is 6.92 Å². The molecule has 0 saturated heterocycles. The Morgan fingerprint density at radius 2 is 2.10 bits per heavy atom. The number of hydrogen-bond donors (Lipinski definition) is 1. The van der Waals surface area contributed by atoms with Crippen LogP contribution in [-0.2, 0) is 13.2 Å². The Morgan fingerprint density at radius 3 is 2.86 bits per heavy atom. The van der Waals surface area contributed by atoms with E-state index in [-0.39, 0.29) is 0 Å². The molecule has 0 aliphatic rings. The molecule has 2 rings (SSSR count). The van der Waals surface area contributed by atoms with Crippen molar-refractivity contribution in [2.24, 2.45) is 0 Å². The zero-order valence-corrected chi connectivity index (χ0v) is 14.1. The maximum absolute atomic E-state index is 5.96. The van der Waals surface area contributed by atoms with Crippen LogP contribution in [0.1, 0.15) is 30.0 Å². The van der Waals surface area contributed by atoms with E-state index >= 15 is 0 Å². The summed E-state index contributed by atoms with van der Waals surface area (Å²) in [6, 6.07) is 8.22. The molecule has 0 fully saturated rings. The Labute approximate surface area is 134 Å². The molecule has 4 heteroatoms. The lowest BCUT2D eigenvalue weighted by Crippen LogP contribution is -2.14. The normalized spacial score (nSPS) is 10.6. The molecule has 1 aromatic carbocycles. The van der Waals surface area contributed by atoms with Crippen LogP contribution in [0.4, 0.5) is 0 Å². The van der Waals surface area contributed by atoms with Crippen LogP contribution in [0.5, 0.6) is 5.75 Å². The zero-order valence-electron chi connectivity index (χ0n) is 12.5. The van der Waals surface area contributed by atoms with E-state index in [1.165, 1.54) is 5.56 Å². The predicted molar refractivity (Wildman–Crippen MR) is 89.4 cm³/mol. The molecule has 0 radical (unpaired) electrons. The fourth-order valence-electron chi connectivity index (χ4n) is 2.08. The van der Waals surface area contributed by atoms with Crippen molar-refractivity contribution in [2.75, 3.05) is 6.54 Å². The molecule has 2 aromatic rings. The first kappa shape index (κ1) is 16.0. The molecule has 0 bridgehead atoms. The van der Waals surface area contributed by atoms with Gasteiger partial charge in [-0.1, -0.05) is 22.9 Å². The fraction of sp³-hybridized carbons (Fsp3) is 0.353. The molecular formula is C17H21BrN2O. The van der Waals surface area contributed by atoms with Gasteiger partial charge < -0.3 is 10.1 Å². The molecule has 0 amide bonds. The first-order valence-corrected chi connectivity index (χ1v) is 8.01. The highest BCUT2D eigenvalue weighted by molar-refractivity contribution is 9.10. The van der Waals surface area contributed by atoms with Gasteiger partial charge in [0, 0.05) is 34.5 Å². The number of halogens is 1. The van der Waals surface area contributed by atoms with E-state index in [9.17, 15) is 0 Å². The SMILES string of the molecule is CCCNCc1cc(Br)ccc1OCc1cncc(C)c1. The Balaban J connectivity index is 2.04. The van der Waals surface area contributed by atoms with Crippen LogP contribution >= 0.6 is 15.9 Å². The summed E-state index contributed by atoms with van der Waals surface area (Å²) in [4.78, 5) is 4.19. The van der Waals surface area contributed by atoms with Crippen LogP contribution in [0.15, 0.2) is 41.1 Å². The Morgan fingerprint density at radius 1 is 1.24 bits per heavy atom. The van der Waals surface area contributed by atoms with Crippen molar-refractivity contribution in [3.63, 3.8) is 0 Å². The number of pyridine rings is 1. The first-order chi connectivity index (χ1) is 10.2. The minimum atomic E-state index is 0.539. The second-order valence-electron chi connectivity index (χ2n) is 5.09. The maximum Gasteiger partial charge on any atom is 0.124 e. The summed E-state index contributed by atoms with van der Waals surface area (Å²) < 4.78 is 7.03. The topological polar surface area (TPSA) is 34.1 Å². The molecule has 1 heterocycles. The number of hydrogen-bond acceptors (Lipinski definition) is 3. The van der Waals surface area contributed by atoms with Gasteiger partial charge in [-0.05, 0) is 49.7 Å². The molecule has 0 spiro atoms. The smallest absolute Gasteiger partial charge is 0.124 e. The lowest BCUT2D eigenvalue weighted by Gasteiger charge is -2.13. The van der Waals surface area contributed by atoms with Gasteiger partial charge in [-0.25, -0.2) is 0 Å². The average Bonchev–Trinajstić information content (AvgIpc) is 2.47. The van der Waals surface area contributed by atoms with Gasteiger partial charge in [0.15, 0.2) is 0 Å². The lowest BCUT2D eigenvalue weighted by molar-refractivity contribution is 0.301. The van der Waals surface area contributed by atoms with E-state index < -0.39 is 0 Å². The number of nitrogens with zero attached hydrogens (tertiary/aromatic N) is 1. The summed E-state index contributed by atoms with van der Waals surface area (Å²) in [5, 5.41) is 3.41. The molecule has 0 unspecified atom stereocenters. The molecule has 0 saturated carbocycles. The van der Waals surface area contributed by atoms with Crippen molar-refractivity contribution in [2.45, 2.75) is 33.4 Å². The van der Waals surface area contributed by atoms with E-state index in [1.807, 2.05) is 31.5 Å². The summed E-state index contributed by atoms with van der Waals surface area (Å²) >= 11 is 3.52. The zero-order chi connectivity index (χ0) is 15.1. The summed E-state index contributed by atoms with van der Waals surface area (Å²) in [7, 11) is 0. The third kappa shape index (κ3) is 5.14. The second-order valence-corrected chi connectivity index (χ2v) is 6.00. The highest BCUT2D eigenvalue weighted by Crippen LogP contribution is 2.24. The number of aryl methyl sites for hydroxylation is 1. The molecule has 112 valence electrons. The van der Waals surface area contributed by atoms with Gasteiger partial charge >= 0.3 is 0 Å². The Bertz CT molecular complexity index is 587. The Kier molecular flexibility index (Phi) is 6.21. The van der Waals surface area contributed by atoms with Crippen LogP contribution in [0.25, 0.3) is 0 Å². The van der Waals surface area contributed by atoms with Gasteiger partial charge in [-0.15, -0.1) is 0 Å². The van der Waals surface area contributed by atoms with Crippen LogP contribution < -0.4 is 10.1 Å². The summed E-state index contributed by atoms with van der Waals surface area (Å²) in [5.74, 6) is 0.920. The highest BCUT2D eigenvalue weighted by atomic mass is 79.9. The monoisotopic (exact) mass is 348 g/mol. The van der Waals surface area contributed by atoms with Crippen LogP contribution in [-0.4, -0.2) is 11.5 Å². The van der Waals surface area contributed by atoms with E-state index in [0.29, 0.717) is 6.61 Å². The van der Waals surface area contributed by atoms with Gasteiger partial charge in [0.2, 0.25) is 0 Å². The Hall–Kier alpha value is -1.39. The van der Waals surface area contributed by atoms with Crippen molar-refractivity contribution in [1.82, 2.24) is 10.3 Å². The maximum atomic E-state index is 5.96. The summed E-state index contributed by atoms with van der Waals surface area (Å²) in [6.45, 7) is 6.56. The molecular weight excluding hydrogens is 328 g/mol. The molecule has 0 aliphatic carbocycles. The highest BCUT2D eigenvalue weighted by Gasteiger charge is 2.05. The van der Waals surface area contributed by atoms with Gasteiger partial charge in [-0.2, -0.15) is 0 Å². The minimum absolute atomic E-state index is 0.539. The standard InChI is InChI=1S/C17H21BrN2O/c1-3-6-19-11-15-8-16(18)4-5-17(15)21-12-14-7-13(2)9-20-10-14/h4-5,7-10,19H,3,6,11-12H2,1-2H3. The molecule has 1 N–H and O–H groups in total. The van der Waals surface area contributed by atoms with E-state index in [0.717, 1.165) is 40.9 Å². The molecule has 1 aromatic heterocycles. The van der Waals surface area contributed by atoms with Crippen LogP contribution in [0.3, 0.4) is 0 Å². The number of benzene rings is 1. The van der Waals surface area contributed by atoms with Crippen LogP contribution in [0.2, 0.25) is 0 Å². The quantitative estimate of drug-likeness (QED) is 0.760. The van der Waals surface area contributed by atoms with E-state index in [2.05, 4.69) is 45.3 Å². The largest absolute Gasteiger partial charge is 0.489 e. The molecule has 21 heavy (non-hydrogen) atoms. The molecule has 0 aliphatic heterocycles. The van der Waals surface area contributed by atoms with Crippen molar-refractivity contribution in [1.29, 1.82) is 0 Å².